The van der Waals surface area contributed by atoms with E-state index in [0.717, 1.165) is 6.42 Å². The Morgan fingerprint density at radius 1 is 0.659 bits per heavy atom. The SMILES string of the molecule is CC(C)(C)c1cc2c(cc1-c1ccccc1)[cH-]c1cc(-c3ccccc3)c(C(C)(C)C)cc12.C[C](C)=[Zr+2].[C-]1=CC=CC1.[Cl-].[Cl-]. The van der Waals surface area contributed by atoms with Crippen LogP contribution in [0.1, 0.15) is 72.9 Å². The summed E-state index contributed by atoms with van der Waals surface area (Å²) < 4.78 is 1.51. The summed E-state index contributed by atoms with van der Waals surface area (Å²) in [7, 11) is 0. The van der Waals surface area contributed by atoms with Crippen molar-refractivity contribution in [2.24, 2.45) is 0 Å². The molecule has 5 aromatic rings. The normalized spacial score (nSPS) is 12.0. The molecule has 0 bridgehead atoms. The van der Waals surface area contributed by atoms with Crippen LogP contribution < -0.4 is 24.8 Å². The first-order chi connectivity index (χ1) is 19.9. The van der Waals surface area contributed by atoms with Crippen LogP contribution >= 0.6 is 0 Å². The molecule has 0 fully saturated rings. The van der Waals surface area contributed by atoms with Gasteiger partial charge in [-0.25, -0.2) is 12.2 Å². The molecule has 0 radical (unpaired) electrons. The molecule has 0 N–H and O–H groups in total. The van der Waals surface area contributed by atoms with Crippen molar-refractivity contribution < 1.29 is 49.0 Å². The van der Waals surface area contributed by atoms with Crippen LogP contribution in [0.15, 0.2) is 109 Å². The predicted molar refractivity (Wildman–Crippen MR) is 183 cm³/mol. The number of allylic oxidation sites excluding steroid dienone is 4. The zero-order valence-corrected chi connectivity index (χ0v) is 31.3. The van der Waals surface area contributed by atoms with Crippen molar-refractivity contribution in [3.05, 3.63) is 126 Å². The number of hydrogen-bond acceptors (Lipinski definition) is 0. The topological polar surface area (TPSA) is 0 Å². The molecule has 0 unspecified atom stereocenters. The zero-order chi connectivity index (χ0) is 30.5. The van der Waals surface area contributed by atoms with Crippen LogP contribution in [0.4, 0.5) is 0 Å². The van der Waals surface area contributed by atoms with Crippen LogP contribution in [0.25, 0.3) is 43.8 Å². The summed E-state index contributed by atoms with van der Waals surface area (Å²) in [5.74, 6) is 0. The summed E-state index contributed by atoms with van der Waals surface area (Å²) in [6.45, 7) is 18.2. The van der Waals surface area contributed by atoms with Crippen molar-refractivity contribution in [2.75, 3.05) is 0 Å². The average molecular weight is 699 g/mol. The van der Waals surface area contributed by atoms with Gasteiger partial charge in [0.05, 0.1) is 0 Å². The molecule has 0 atom stereocenters. The summed E-state index contributed by atoms with van der Waals surface area (Å²) >= 11 is 1.55. The van der Waals surface area contributed by atoms with E-state index in [0.29, 0.717) is 0 Å². The van der Waals surface area contributed by atoms with Crippen LogP contribution in [0, 0.1) is 6.08 Å². The largest absolute Gasteiger partial charge is 1.00 e. The predicted octanol–water partition coefficient (Wildman–Crippen LogP) is 5.70. The van der Waals surface area contributed by atoms with Gasteiger partial charge in [-0.05, 0) is 44.2 Å². The molecule has 1 aliphatic rings. The van der Waals surface area contributed by atoms with E-state index in [-0.39, 0.29) is 35.6 Å². The number of rotatable bonds is 2. The van der Waals surface area contributed by atoms with E-state index < -0.39 is 0 Å². The van der Waals surface area contributed by atoms with Gasteiger partial charge in [0.1, 0.15) is 0 Å². The van der Waals surface area contributed by atoms with Crippen molar-refractivity contribution in [1.29, 1.82) is 0 Å². The monoisotopic (exact) mass is 696 g/mol. The second-order valence-electron chi connectivity index (χ2n) is 13.3. The van der Waals surface area contributed by atoms with Crippen LogP contribution in [-0.2, 0) is 35.1 Å². The van der Waals surface area contributed by atoms with Gasteiger partial charge in [-0.2, -0.15) is 6.08 Å². The first-order valence-electron chi connectivity index (χ1n) is 14.9. The first kappa shape index (κ1) is 37.7. The number of halogens is 2. The van der Waals surface area contributed by atoms with Crippen LogP contribution in [0.2, 0.25) is 0 Å². The Labute approximate surface area is 293 Å². The van der Waals surface area contributed by atoms with Gasteiger partial charge in [0.25, 0.3) is 0 Å². The fourth-order valence-electron chi connectivity index (χ4n) is 5.40. The molecule has 228 valence electrons. The van der Waals surface area contributed by atoms with Crippen molar-refractivity contribution in [2.45, 2.75) is 72.6 Å². The van der Waals surface area contributed by atoms with Gasteiger partial charge < -0.3 is 24.8 Å². The molecular weight excluding hydrogens is 655 g/mol. The van der Waals surface area contributed by atoms with Crippen molar-refractivity contribution in [3.63, 3.8) is 0 Å². The van der Waals surface area contributed by atoms with Gasteiger partial charge >= 0.3 is 41.3 Å². The first-order valence-corrected chi connectivity index (χ1v) is 16.2. The third-order valence-corrected chi connectivity index (χ3v) is 7.35. The number of hydrogen-bond donors (Lipinski definition) is 0. The molecule has 0 amide bonds. The summed E-state index contributed by atoms with van der Waals surface area (Å²) in [5.41, 5.74) is 8.16. The Balaban J connectivity index is 0.000000535. The molecule has 3 heteroatoms. The van der Waals surface area contributed by atoms with Crippen molar-refractivity contribution in [3.8, 4) is 22.3 Å². The second kappa shape index (κ2) is 16.2. The molecule has 0 aliphatic heterocycles. The zero-order valence-electron chi connectivity index (χ0n) is 27.4. The third-order valence-electron chi connectivity index (χ3n) is 7.35. The molecule has 6 rings (SSSR count). The van der Waals surface area contributed by atoms with E-state index >= 15 is 0 Å². The van der Waals surface area contributed by atoms with Gasteiger partial charge in [0.2, 0.25) is 0 Å². The van der Waals surface area contributed by atoms with Crippen LogP contribution in [-0.4, -0.2) is 3.21 Å². The Morgan fingerprint density at radius 3 is 1.32 bits per heavy atom. The van der Waals surface area contributed by atoms with Crippen LogP contribution in [0.3, 0.4) is 0 Å². The second-order valence-corrected chi connectivity index (χ2v) is 15.8. The molecule has 0 aromatic heterocycles. The van der Waals surface area contributed by atoms with Crippen molar-refractivity contribution in [1.82, 2.24) is 0 Å². The summed E-state index contributed by atoms with van der Waals surface area (Å²) in [6.07, 6.45) is 10.0. The standard InChI is InChI=1S/C33H33.C5H5.C3H6.2ClH.Zr/c1-32(2,3)30-20-26-24(18-28(30)22-13-9-7-10-14-22)17-25-19-29(23-15-11-8-12-16-23)31(21-27(25)26)33(4,5)6;1-2-4-5-3-1;1-3-2;;;/h7-21H,1-6H3;1-3H,4H2;1-2H3;2*1H;/q2*-1;;;;+2/p-2. The molecule has 0 saturated carbocycles. The quantitative estimate of drug-likeness (QED) is 0.208. The smallest absolute Gasteiger partial charge is 0.109 e. The molecule has 0 spiro atoms. The fourth-order valence-corrected chi connectivity index (χ4v) is 5.40. The Bertz CT molecular complexity index is 1600. The minimum atomic E-state index is 0. The summed E-state index contributed by atoms with van der Waals surface area (Å²) in [6, 6.07) is 33.7. The molecular formula is C41H44Cl2Zr-2. The van der Waals surface area contributed by atoms with E-state index in [1.54, 1.807) is 24.2 Å². The van der Waals surface area contributed by atoms with Gasteiger partial charge in [0, 0.05) is 0 Å². The molecule has 0 nitrogen and oxygen atoms in total. The maximum atomic E-state index is 2.99. The van der Waals surface area contributed by atoms with Gasteiger partial charge in [0.15, 0.2) is 0 Å². The average Bonchev–Trinajstić information content (AvgIpc) is 3.63. The van der Waals surface area contributed by atoms with Gasteiger partial charge in [-0.15, -0.1) is 46.2 Å². The van der Waals surface area contributed by atoms with Crippen LogP contribution in [0.5, 0.6) is 0 Å². The molecule has 0 saturated heterocycles. The van der Waals surface area contributed by atoms with E-state index in [9.17, 15) is 0 Å². The number of benzene rings is 4. The minimum absolute atomic E-state index is 0. The maximum Gasteiger partial charge on any atom is -0.109 e. The fraction of sp³-hybridized carbons (Fsp3) is 0.268. The summed E-state index contributed by atoms with van der Waals surface area (Å²) in [5, 5.41) is 5.36. The van der Waals surface area contributed by atoms with E-state index in [1.165, 1.54) is 58.1 Å². The Morgan fingerprint density at radius 2 is 1.05 bits per heavy atom. The van der Waals surface area contributed by atoms with E-state index in [1.807, 2.05) is 12.2 Å². The summed E-state index contributed by atoms with van der Waals surface area (Å²) in [4.78, 5) is 0. The molecule has 44 heavy (non-hydrogen) atoms. The molecule has 0 heterocycles. The van der Waals surface area contributed by atoms with E-state index in [4.69, 9.17) is 0 Å². The maximum absolute atomic E-state index is 2.99. The van der Waals surface area contributed by atoms with E-state index in [2.05, 4.69) is 159 Å². The van der Waals surface area contributed by atoms with Crippen molar-refractivity contribution >= 4 is 24.8 Å². The Kier molecular flexibility index (Phi) is 13.9. The van der Waals surface area contributed by atoms with Gasteiger partial charge in [-0.1, -0.05) is 114 Å². The number of fused-ring (bicyclic) bond motifs is 3. The third kappa shape index (κ3) is 9.53. The minimum Gasteiger partial charge on any atom is -1.00 e. The van der Waals surface area contributed by atoms with Gasteiger partial charge in [-0.3, -0.25) is 6.08 Å². The molecule has 5 aromatic carbocycles. The Hall–Kier alpha value is -2.44. The molecule has 1 aliphatic carbocycles.